The fourth-order valence-electron chi connectivity index (χ4n) is 2.84. The Labute approximate surface area is 132 Å². The standard InChI is InChI=1S/C15H17F3N4O/c1-9-8-22(14(20)23)10(2)7-21(9)12-4-3-11(6-19)13(5-12)15(16,17)18/h3-5,9-10H,7-8H2,1-2H3,(H2,20,23). The number of benzene rings is 1. The van der Waals surface area contributed by atoms with E-state index in [1.165, 1.54) is 17.0 Å². The molecular weight excluding hydrogens is 309 g/mol. The third-order valence-electron chi connectivity index (χ3n) is 4.03. The molecule has 2 N–H and O–H groups in total. The summed E-state index contributed by atoms with van der Waals surface area (Å²) in [4.78, 5) is 14.7. The Morgan fingerprint density at radius 2 is 1.96 bits per heavy atom. The van der Waals surface area contributed by atoms with Crippen LogP contribution in [0, 0.1) is 11.3 Å². The summed E-state index contributed by atoms with van der Waals surface area (Å²) in [7, 11) is 0. The molecule has 8 heteroatoms. The fraction of sp³-hybridized carbons (Fsp3) is 0.467. The quantitative estimate of drug-likeness (QED) is 0.862. The molecule has 2 rings (SSSR count). The first-order chi connectivity index (χ1) is 10.6. The van der Waals surface area contributed by atoms with E-state index >= 15 is 0 Å². The number of piperazine rings is 1. The van der Waals surface area contributed by atoms with E-state index in [1.807, 2.05) is 6.92 Å². The number of rotatable bonds is 1. The van der Waals surface area contributed by atoms with E-state index < -0.39 is 23.3 Å². The lowest BCUT2D eigenvalue weighted by Gasteiger charge is -2.44. The smallest absolute Gasteiger partial charge is 0.365 e. The normalized spacial score (nSPS) is 21.9. The molecule has 0 bridgehead atoms. The highest BCUT2D eigenvalue weighted by Crippen LogP contribution is 2.35. The van der Waals surface area contributed by atoms with E-state index in [-0.39, 0.29) is 12.1 Å². The van der Waals surface area contributed by atoms with Crippen molar-refractivity contribution in [3.63, 3.8) is 0 Å². The molecule has 1 aromatic rings. The van der Waals surface area contributed by atoms with E-state index in [9.17, 15) is 18.0 Å². The molecule has 1 aromatic carbocycles. The van der Waals surface area contributed by atoms with Crippen LogP contribution in [0.5, 0.6) is 0 Å². The molecule has 1 aliphatic rings. The molecule has 0 aromatic heterocycles. The van der Waals surface area contributed by atoms with Gasteiger partial charge in [0.2, 0.25) is 0 Å². The van der Waals surface area contributed by atoms with Gasteiger partial charge in [-0.2, -0.15) is 18.4 Å². The maximum atomic E-state index is 13.1. The fourth-order valence-corrected chi connectivity index (χ4v) is 2.84. The second-order valence-corrected chi connectivity index (χ2v) is 5.68. The predicted octanol–water partition coefficient (Wildman–Crippen LogP) is 2.55. The van der Waals surface area contributed by atoms with Gasteiger partial charge in [0.25, 0.3) is 0 Å². The first-order valence-electron chi connectivity index (χ1n) is 7.09. The first kappa shape index (κ1) is 16.9. The summed E-state index contributed by atoms with van der Waals surface area (Å²) in [5.74, 6) is 0. The maximum Gasteiger partial charge on any atom is 0.417 e. The monoisotopic (exact) mass is 326 g/mol. The highest BCUT2D eigenvalue weighted by Gasteiger charge is 2.36. The Kier molecular flexibility index (Phi) is 4.41. The Balaban J connectivity index is 2.36. The van der Waals surface area contributed by atoms with Crippen molar-refractivity contribution in [2.45, 2.75) is 32.1 Å². The number of hydrogen-bond donors (Lipinski definition) is 1. The van der Waals surface area contributed by atoms with Gasteiger partial charge in [-0.25, -0.2) is 4.79 Å². The lowest BCUT2D eigenvalue weighted by molar-refractivity contribution is -0.137. The number of carbonyl (C=O) groups excluding carboxylic acids is 1. The van der Waals surface area contributed by atoms with Crippen molar-refractivity contribution in [2.24, 2.45) is 5.73 Å². The van der Waals surface area contributed by atoms with E-state index in [1.54, 1.807) is 17.9 Å². The number of alkyl halides is 3. The van der Waals surface area contributed by atoms with Gasteiger partial charge in [0, 0.05) is 30.9 Å². The molecule has 2 amide bonds. The van der Waals surface area contributed by atoms with Crippen molar-refractivity contribution in [1.29, 1.82) is 5.26 Å². The summed E-state index contributed by atoms with van der Waals surface area (Å²) in [6, 6.07) is 4.28. The summed E-state index contributed by atoms with van der Waals surface area (Å²) in [6.07, 6.45) is -4.59. The lowest BCUT2D eigenvalue weighted by Crippen LogP contribution is -2.59. The molecule has 2 atom stereocenters. The SMILES string of the molecule is CC1CN(c2ccc(C#N)c(C(F)(F)F)c2)C(C)CN1C(N)=O. The van der Waals surface area contributed by atoms with Gasteiger partial charge in [-0.1, -0.05) is 0 Å². The van der Waals surface area contributed by atoms with E-state index in [0.29, 0.717) is 18.8 Å². The van der Waals surface area contributed by atoms with Gasteiger partial charge in [-0.05, 0) is 32.0 Å². The van der Waals surface area contributed by atoms with Crippen molar-refractivity contribution < 1.29 is 18.0 Å². The second-order valence-electron chi connectivity index (χ2n) is 5.68. The van der Waals surface area contributed by atoms with Gasteiger partial charge >= 0.3 is 12.2 Å². The maximum absolute atomic E-state index is 13.1. The number of primary amides is 1. The molecule has 0 aliphatic carbocycles. The van der Waals surface area contributed by atoms with Crippen molar-refractivity contribution in [3.05, 3.63) is 29.3 Å². The van der Waals surface area contributed by atoms with Gasteiger partial charge in [-0.3, -0.25) is 0 Å². The number of anilines is 1. The van der Waals surface area contributed by atoms with Gasteiger partial charge < -0.3 is 15.5 Å². The molecule has 2 unspecified atom stereocenters. The molecule has 1 heterocycles. The lowest BCUT2D eigenvalue weighted by atomic mass is 10.0. The summed E-state index contributed by atoms with van der Waals surface area (Å²) >= 11 is 0. The summed E-state index contributed by atoms with van der Waals surface area (Å²) in [6.45, 7) is 4.30. The molecule has 0 radical (unpaired) electrons. The number of urea groups is 1. The molecule has 5 nitrogen and oxygen atoms in total. The van der Waals surface area contributed by atoms with Gasteiger partial charge in [0.1, 0.15) is 0 Å². The largest absolute Gasteiger partial charge is 0.417 e. The van der Waals surface area contributed by atoms with Crippen LogP contribution in [0.1, 0.15) is 25.0 Å². The minimum Gasteiger partial charge on any atom is -0.365 e. The predicted molar refractivity (Wildman–Crippen MR) is 78.7 cm³/mol. The average molecular weight is 326 g/mol. The number of hydrogen-bond acceptors (Lipinski definition) is 3. The molecular formula is C15H17F3N4O. The summed E-state index contributed by atoms with van der Waals surface area (Å²) in [5, 5.41) is 8.85. The highest BCUT2D eigenvalue weighted by atomic mass is 19.4. The van der Waals surface area contributed by atoms with Crippen molar-refractivity contribution >= 4 is 11.7 Å². The van der Waals surface area contributed by atoms with E-state index in [4.69, 9.17) is 11.0 Å². The minimum atomic E-state index is -4.59. The zero-order chi connectivity index (χ0) is 17.4. The molecule has 0 saturated carbocycles. The topological polar surface area (TPSA) is 73.4 Å². The van der Waals surface area contributed by atoms with E-state index in [2.05, 4.69) is 0 Å². The molecule has 1 saturated heterocycles. The number of amides is 2. The van der Waals surface area contributed by atoms with Crippen LogP contribution >= 0.6 is 0 Å². The first-order valence-corrected chi connectivity index (χ1v) is 7.09. The summed E-state index contributed by atoms with van der Waals surface area (Å²) in [5.41, 5.74) is 4.33. The van der Waals surface area contributed by atoms with Crippen LogP contribution in [0.15, 0.2) is 18.2 Å². The summed E-state index contributed by atoms with van der Waals surface area (Å²) < 4.78 is 39.3. The zero-order valence-corrected chi connectivity index (χ0v) is 12.8. The molecule has 0 spiro atoms. The van der Waals surface area contributed by atoms with Crippen LogP contribution in [0.4, 0.5) is 23.7 Å². The molecule has 1 fully saturated rings. The van der Waals surface area contributed by atoms with Crippen molar-refractivity contribution in [2.75, 3.05) is 18.0 Å². The Morgan fingerprint density at radius 1 is 1.30 bits per heavy atom. The van der Waals surface area contributed by atoms with Crippen LogP contribution < -0.4 is 10.6 Å². The minimum absolute atomic E-state index is 0.187. The van der Waals surface area contributed by atoms with Gasteiger partial charge in [-0.15, -0.1) is 0 Å². The number of nitriles is 1. The Hall–Kier alpha value is -2.43. The van der Waals surface area contributed by atoms with Crippen LogP contribution in [0.25, 0.3) is 0 Å². The molecule has 1 aliphatic heterocycles. The van der Waals surface area contributed by atoms with Gasteiger partial charge in [0.15, 0.2) is 0 Å². The Morgan fingerprint density at radius 3 is 2.48 bits per heavy atom. The average Bonchev–Trinajstić information content (AvgIpc) is 2.47. The van der Waals surface area contributed by atoms with Gasteiger partial charge in [0.05, 0.1) is 17.2 Å². The number of halogens is 3. The van der Waals surface area contributed by atoms with Crippen LogP contribution in [0.3, 0.4) is 0 Å². The number of nitrogens with zero attached hydrogens (tertiary/aromatic N) is 3. The Bertz CT molecular complexity index is 653. The van der Waals surface area contributed by atoms with Crippen molar-refractivity contribution in [3.8, 4) is 6.07 Å². The zero-order valence-electron chi connectivity index (χ0n) is 12.8. The highest BCUT2D eigenvalue weighted by molar-refractivity contribution is 5.73. The van der Waals surface area contributed by atoms with Crippen molar-refractivity contribution in [1.82, 2.24) is 4.90 Å². The van der Waals surface area contributed by atoms with Crippen LogP contribution in [-0.2, 0) is 6.18 Å². The van der Waals surface area contributed by atoms with Crippen LogP contribution in [0.2, 0.25) is 0 Å². The third-order valence-corrected chi connectivity index (χ3v) is 4.03. The van der Waals surface area contributed by atoms with E-state index in [0.717, 1.165) is 6.07 Å². The molecule has 23 heavy (non-hydrogen) atoms. The molecule has 124 valence electrons. The third kappa shape index (κ3) is 3.33. The number of carbonyl (C=O) groups is 1. The van der Waals surface area contributed by atoms with Crippen LogP contribution in [-0.4, -0.2) is 36.1 Å². The second kappa shape index (κ2) is 5.99. The number of nitrogens with two attached hydrogens (primary N) is 1.